The Morgan fingerprint density at radius 2 is 2.37 bits per heavy atom. The van der Waals surface area contributed by atoms with Gasteiger partial charge < -0.3 is 20.5 Å². The number of nitrogens with one attached hydrogen (secondary N) is 1. The van der Waals surface area contributed by atoms with Crippen LogP contribution in [-0.2, 0) is 4.74 Å². The lowest BCUT2D eigenvalue weighted by atomic mass is 10.0. The van der Waals surface area contributed by atoms with E-state index in [1.807, 2.05) is 6.92 Å². The van der Waals surface area contributed by atoms with Crippen molar-refractivity contribution in [2.45, 2.75) is 45.3 Å². The Labute approximate surface area is 113 Å². The van der Waals surface area contributed by atoms with Crippen molar-refractivity contribution in [3.8, 4) is 5.88 Å². The summed E-state index contributed by atoms with van der Waals surface area (Å²) in [5.74, 6) is 1.11. The van der Waals surface area contributed by atoms with E-state index in [1.165, 1.54) is 6.33 Å². The molecule has 19 heavy (non-hydrogen) atoms. The Kier molecular flexibility index (Phi) is 4.79. The van der Waals surface area contributed by atoms with Crippen molar-refractivity contribution in [3.05, 3.63) is 6.33 Å². The van der Waals surface area contributed by atoms with Crippen molar-refractivity contribution >= 4 is 11.5 Å². The second-order valence-corrected chi connectivity index (χ2v) is 4.84. The van der Waals surface area contributed by atoms with E-state index in [9.17, 15) is 0 Å². The molecule has 0 saturated carbocycles. The summed E-state index contributed by atoms with van der Waals surface area (Å²) >= 11 is 0. The molecule has 2 atom stereocenters. The average molecular weight is 266 g/mol. The molecule has 1 aromatic heterocycles. The summed E-state index contributed by atoms with van der Waals surface area (Å²) < 4.78 is 11.0. The molecular weight excluding hydrogens is 244 g/mol. The fourth-order valence-corrected chi connectivity index (χ4v) is 2.13. The largest absolute Gasteiger partial charge is 0.476 e. The zero-order valence-corrected chi connectivity index (χ0v) is 11.6. The fraction of sp³-hybridized carbons (Fsp3) is 0.692. The topological polar surface area (TPSA) is 82.3 Å². The molecule has 0 radical (unpaired) electrons. The molecule has 0 spiro atoms. The van der Waals surface area contributed by atoms with Gasteiger partial charge in [-0.2, -0.15) is 4.98 Å². The third-order valence-corrected chi connectivity index (χ3v) is 3.12. The molecule has 0 amide bonds. The molecule has 1 saturated heterocycles. The number of nitrogens with zero attached hydrogens (tertiary/aromatic N) is 2. The standard InChI is InChI=1S/C13H22N4O2/c1-3-5-19-13-11(14)12(15-8-16-13)17-10-4-6-18-9(2)7-10/h8-10H,3-7,14H2,1-2H3,(H,15,16,17). The first-order valence-electron chi connectivity index (χ1n) is 6.82. The highest BCUT2D eigenvalue weighted by atomic mass is 16.5. The average Bonchev–Trinajstić information content (AvgIpc) is 2.40. The SMILES string of the molecule is CCCOc1ncnc(NC2CCOC(C)C2)c1N. The van der Waals surface area contributed by atoms with E-state index < -0.39 is 0 Å². The van der Waals surface area contributed by atoms with Gasteiger partial charge in [0.1, 0.15) is 12.0 Å². The zero-order valence-electron chi connectivity index (χ0n) is 11.6. The Bertz CT molecular complexity index is 414. The molecule has 6 heteroatoms. The Morgan fingerprint density at radius 1 is 1.53 bits per heavy atom. The highest BCUT2D eigenvalue weighted by molar-refractivity contribution is 5.66. The first kappa shape index (κ1) is 13.9. The van der Waals surface area contributed by atoms with Crippen molar-refractivity contribution in [3.63, 3.8) is 0 Å². The van der Waals surface area contributed by atoms with E-state index in [4.69, 9.17) is 15.2 Å². The monoisotopic (exact) mass is 266 g/mol. The van der Waals surface area contributed by atoms with Crippen LogP contribution < -0.4 is 15.8 Å². The fourth-order valence-electron chi connectivity index (χ4n) is 2.13. The Hall–Kier alpha value is -1.56. The summed E-state index contributed by atoms with van der Waals surface area (Å²) in [6.45, 7) is 5.49. The summed E-state index contributed by atoms with van der Waals surface area (Å²) in [5.41, 5.74) is 6.51. The number of nitrogen functional groups attached to an aromatic ring is 1. The molecule has 2 unspecified atom stereocenters. The third kappa shape index (κ3) is 3.70. The van der Waals surface area contributed by atoms with Crippen LogP contribution in [0.25, 0.3) is 0 Å². The van der Waals surface area contributed by atoms with Gasteiger partial charge in [-0.3, -0.25) is 0 Å². The highest BCUT2D eigenvalue weighted by Crippen LogP contribution is 2.27. The second-order valence-electron chi connectivity index (χ2n) is 4.84. The van der Waals surface area contributed by atoms with E-state index in [-0.39, 0.29) is 6.10 Å². The third-order valence-electron chi connectivity index (χ3n) is 3.12. The van der Waals surface area contributed by atoms with Crippen LogP contribution >= 0.6 is 0 Å². The van der Waals surface area contributed by atoms with Crippen LogP contribution in [0.2, 0.25) is 0 Å². The van der Waals surface area contributed by atoms with Crippen LogP contribution in [0.1, 0.15) is 33.1 Å². The lowest BCUT2D eigenvalue weighted by Crippen LogP contribution is -2.33. The molecular formula is C13H22N4O2. The summed E-state index contributed by atoms with van der Waals surface area (Å²) in [4.78, 5) is 8.26. The normalized spacial score (nSPS) is 23.1. The van der Waals surface area contributed by atoms with E-state index >= 15 is 0 Å². The van der Waals surface area contributed by atoms with Crippen molar-refractivity contribution in [2.24, 2.45) is 0 Å². The molecule has 1 aliphatic heterocycles. The van der Waals surface area contributed by atoms with E-state index in [1.54, 1.807) is 0 Å². The van der Waals surface area contributed by atoms with Crippen LogP contribution in [0.15, 0.2) is 6.33 Å². The second kappa shape index (κ2) is 6.56. The maximum Gasteiger partial charge on any atom is 0.242 e. The molecule has 3 N–H and O–H groups in total. The van der Waals surface area contributed by atoms with Gasteiger partial charge in [-0.25, -0.2) is 4.98 Å². The molecule has 0 aromatic carbocycles. The van der Waals surface area contributed by atoms with Crippen LogP contribution in [0.4, 0.5) is 11.5 Å². The summed E-state index contributed by atoms with van der Waals surface area (Å²) in [6.07, 6.45) is 4.58. The van der Waals surface area contributed by atoms with Crippen LogP contribution in [0.3, 0.4) is 0 Å². The lowest BCUT2D eigenvalue weighted by Gasteiger charge is -2.28. The molecule has 6 nitrogen and oxygen atoms in total. The lowest BCUT2D eigenvalue weighted by molar-refractivity contribution is 0.0232. The number of hydrogen-bond acceptors (Lipinski definition) is 6. The highest BCUT2D eigenvalue weighted by Gasteiger charge is 2.21. The van der Waals surface area contributed by atoms with Crippen LogP contribution in [0, 0.1) is 0 Å². The van der Waals surface area contributed by atoms with Gasteiger partial charge in [0.25, 0.3) is 0 Å². The number of anilines is 2. The summed E-state index contributed by atoms with van der Waals surface area (Å²) in [6, 6.07) is 0.333. The Morgan fingerprint density at radius 3 is 3.11 bits per heavy atom. The smallest absolute Gasteiger partial charge is 0.242 e. The molecule has 1 aliphatic rings. The van der Waals surface area contributed by atoms with Crippen molar-refractivity contribution in [2.75, 3.05) is 24.3 Å². The maximum absolute atomic E-state index is 6.03. The van der Waals surface area contributed by atoms with E-state index in [2.05, 4.69) is 22.2 Å². The number of hydrogen-bond donors (Lipinski definition) is 2. The van der Waals surface area contributed by atoms with Gasteiger partial charge >= 0.3 is 0 Å². The molecule has 1 aromatic rings. The molecule has 0 bridgehead atoms. The van der Waals surface area contributed by atoms with Crippen LogP contribution in [-0.4, -0.2) is 35.3 Å². The van der Waals surface area contributed by atoms with Gasteiger partial charge in [-0.1, -0.05) is 6.92 Å². The predicted molar refractivity (Wildman–Crippen MR) is 74.3 cm³/mol. The van der Waals surface area contributed by atoms with Crippen molar-refractivity contribution in [1.29, 1.82) is 0 Å². The minimum Gasteiger partial charge on any atom is -0.476 e. The van der Waals surface area contributed by atoms with E-state index in [0.717, 1.165) is 25.9 Å². The Balaban J connectivity index is 2.03. The molecule has 106 valence electrons. The van der Waals surface area contributed by atoms with Crippen molar-refractivity contribution in [1.82, 2.24) is 9.97 Å². The quantitative estimate of drug-likeness (QED) is 0.846. The molecule has 0 aliphatic carbocycles. The van der Waals surface area contributed by atoms with Crippen LogP contribution in [0.5, 0.6) is 5.88 Å². The summed E-state index contributed by atoms with van der Waals surface area (Å²) in [5, 5.41) is 3.36. The van der Waals surface area contributed by atoms with Gasteiger partial charge in [0.2, 0.25) is 5.88 Å². The molecule has 2 heterocycles. The number of rotatable bonds is 5. The van der Waals surface area contributed by atoms with E-state index in [0.29, 0.717) is 30.0 Å². The minimum absolute atomic E-state index is 0.269. The first-order valence-corrected chi connectivity index (χ1v) is 6.82. The maximum atomic E-state index is 6.03. The van der Waals surface area contributed by atoms with Gasteiger partial charge in [0.15, 0.2) is 5.82 Å². The zero-order chi connectivity index (χ0) is 13.7. The van der Waals surface area contributed by atoms with Gasteiger partial charge in [0.05, 0.1) is 12.7 Å². The predicted octanol–water partition coefficient (Wildman–Crippen LogP) is 1.83. The number of nitrogens with two attached hydrogens (primary N) is 1. The van der Waals surface area contributed by atoms with Gasteiger partial charge in [-0.15, -0.1) is 0 Å². The first-order chi connectivity index (χ1) is 9.20. The van der Waals surface area contributed by atoms with Gasteiger partial charge in [-0.05, 0) is 26.2 Å². The number of aromatic nitrogens is 2. The minimum atomic E-state index is 0.269. The van der Waals surface area contributed by atoms with Gasteiger partial charge in [0, 0.05) is 12.6 Å². The molecule has 2 rings (SSSR count). The number of ether oxygens (including phenoxy) is 2. The van der Waals surface area contributed by atoms with Crippen molar-refractivity contribution < 1.29 is 9.47 Å². The molecule has 1 fully saturated rings. The summed E-state index contributed by atoms with van der Waals surface area (Å²) in [7, 11) is 0.